The lowest BCUT2D eigenvalue weighted by molar-refractivity contribution is -0.927. The van der Waals surface area contributed by atoms with E-state index in [4.69, 9.17) is 11.6 Å². The third-order valence-electron chi connectivity index (χ3n) is 5.05. The van der Waals surface area contributed by atoms with E-state index in [9.17, 15) is 0 Å². The molecule has 0 amide bonds. The molecule has 1 heterocycles. The summed E-state index contributed by atoms with van der Waals surface area (Å²) in [6, 6.07) is 7.68. The third kappa shape index (κ3) is 2.63. The number of tetrazole rings is 1. The molecule has 1 aliphatic carbocycles. The van der Waals surface area contributed by atoms with Crippen molar-refractivity contribution in [3.63, 3.8) is 0 Å². The first kappa shape index (κ1) is 15.4. The lowest BCUT2D eigenvalue weighted by Crippen LogP contribution is -3.14. The van der Waals surface area contributed by atoms with Crippen LogP contribution in [0, 0.1) is 5.92 Å². The van der Waals surface area contributed by atoms with Crippen molar-refractivity contribution in [3.05, 3.63) is 35.1 Å². The highest BCUT2D eigenvalue weighted by atomic mass is 35.5. The lowest BCUT2D eigenvalue weighted by atomic mass is 9.75. The second-order valence-electron chi connectivity index (χ2n) is 6.66. The molecule has 1 aliphatic rings. The van der Waals surface area contributed by atoms with Gasteiger partial charge in [0.2, 0.25) is 5.82 Å². The molecule has 1 aromatic heterocycles. The predicted octanol–water partition coefficient (Wildman–Crippen LogP) is 1.87. The maximum Gasteiger partial charge on any atom is 0.217 e. The Morgan fingerprint density at radius 2 is 1.82 bits per heavy atom. The number of aromatic nitrogens is 4. The molecular weight excluding hydrogens is 298 g/mol. The Balaban J connectivity index is 2.03. The van der Waals surface area contributed by atoms with Gasteiger partial charge in [-0.3, -0.25) is 0 Å². The quantitative estimate of drug-likeness (QED) is 0.939. The number of hydrogen-bond donors (Lipinski definition) is 1. The molecule has 1 fully saturated rings. The van der Waals surface area contributed by atoms with Gasteiger partial charge in [0.1, 0.15) is 0 Å². The molecule has 2 aromatic rings. The molecule has 6 heteroatoms. The summed E-state index contributed by atoms with van der Waals surface area (Å²) in [5, 5.41) is 13.3. The van der Waals surface area contributed by atoms with Crippen molar-refractivity contribution in [2.24, 2.45) is 5.92 Å². The molecule has 1 aromatic carbocycles. The highest BCUT2D eigenvalue weighted by molar-refractivity contribution is 6.30. The van der Waals surface area contributed by atoms with Crippen molar-refractivity contribution in [2.75, 3.05) is 14.1 Å². The molecule has 0 saturated heterocycles. The average molecular weight is 321 g/mol. The minimum Gasteiger partial charge on any atom is -0.329 e. The third-order valence-corrected chi connectivity index (χ3v) is 5.31. The van der Waals surface area contributed by atoms with Gasteiger partial charge in [0.05, 0.1) is 19.8 Å². The van der Waals surface area contributed by atoms with Crippen molar-refractivity contribution in [3.8, 4) is 5.69 Å². The Kier molecular flexibility index (Phi) is 4.19. The largest absolute Gasteiger partial charge is 0.329 e. The number of benzene rings is 1. The van der Waals surface area contributed by atoms with Gasteiger partial charge in [-0.2, -0.15) is 4.68 Å². The van der Waals surface area contributed by atoms with E-state index in [-0.39, 0.29) is 5.54 Å². The van der Waals surface area contributed by atoms with Crippen LogP contribution in [0.15, 0.2) is 24.3 Å². The fraction of sp³-hybridized carbons (Fsp3) is 0.562. The number of halogens is 1. The van der Waals surface area contributed by atoms with Crippen LogP contribution in [0.2, 0.25) is 5.02 Å². The molecular formula is C16H23ClN5+. The second kappa shape index (κ2) is 5.97. The number of quaternary nitrogens is 1. The SMILES string of the molecule is CC1CCC(c2nnnn2-c2ccc(Cl)cc2)([NH+](C)C)CC1. The van der Waals surface area contributed by atoms with E-state index in [1.165, 1.54) is 17.7 Å². The van der Waals surface area contributed by atoms with Crippen molar-refractivity contribution < 1.29 is 4.90 Å². The van der Waals surface area contributed by atoms with Crippen LogP contribution in [0.4, 0.5) is 0 Å². The van der Waals surface area contributed by atoms with Crippen LogP contribution in [0.3, 0.4) is 0 Å². The maximum absolute atomic E-state index is 5.99. The van der Waals surface area contributed by atoms with Gasteiger partial charge >= 0.3 is 0 Å². The minimum atomic E-state index is -0.0182. The van der Waals surface area contributed by atoms with E-state index < -0.39 is 0 Å². The van der Waals surface area contributed by atoms with Crippen LogP contribution in [-0.4, -0.2) is 34.3 Å². The predicted molar refractivity (Wildman–Crippen MR) is 86.3 cm³/mol. The van der Waals surface area contributed by atoms with E-state index in [1.807, 2.05) is 28.9 Å². The zero-order valence-electron chi connectivity index (χ0n) is 13.4. The zero-order valence-corrected chi connectivity index (χ0v) is 14.1. The molecule has 0 spiro atoms. The standard InChI is InChI=1S/C16H22ClN5/c1-12-8-10-16(11-9-12,21(2)3)15-18-19-20-22(15)14-6-4-13(17)5-7-14/h4-7,12H,8-11H2,1-3H3/p+1. The fourth-order valence-electron chi connectivity index (χ4n) is 3.44. The van der Waals surface area contributed by atoms with Crippen molar-refractivity contribution >= 4 is 11.6 Å². The summed E-state index contributed by atoms with van der Waals surface area (Å²) >= 11 is 5.99. The second-order valence-corrected chi connectivity index (χ2v) is 7.09. The summed E-state index contributed by atoms with van der Waals surface area (Å²) < 4.78 is 1.87. The molecule has 0 atom stereocenters. The Bertz CT molecular complexity index is 626. The molecule has 1 saturated carbocycles. The average Bonchev–Trinajstić information content (AvgIpc) is 2.99. The summed E-state index contributed by atoms with van der Waals surface area (Å²) in [4.78, 5) is 1.39. The first-order valence-corrected chi connectivity index (χ1v) is 8.26. The Morgan fingerprint density at radius 1 is 1.18 bits per heavy atom. The molecule has 0 radical (unpaired) electrons. The van der Waals surface area contributed by atoms with E-state index in [1.54, 1.807) is 0 Å². The molecule has 118 valence electrons. The van der Waals surface area contributed by atoms with Crippen LogP contribution in [-0.2, 0) is 5.54 Å². The first-order chi connectivity index (χ1) is 10.5. The molecule has 3 rings (SSSR count). The maximum atomic E-state index is 5.99. The van der Waals surface area contributed by atoms with Gasteiger partial charge in [0, 0.05) is 17.9 Å². The highest BCUT2D eigenvalue weighted by Crippen LogP contribution is 2.36. The number of rotatable bonds is 3. The lowest BCUT2D eigenvalue weighted by Gasteiger charge is -2.40. The summed E-state index contributed by atoms with van der Waals surface area (Å²) in [5.74, 6) is 1.74. The molecule has 0 unspecified atom stereocenters. The Hall–Kier alpha value is -1.46. The van der Waals surface area contributed by atoms with Gasteiger partial charge in [0.15, 0.2) is 5.54 Å². The van der Waals surface area contributed by atoms with Gasteiger partial charge < -0.3 is 4.90 Å². The van der Waals surface area contributed by atoms with Crippen molar-refractivity contribution in [2.45, 2.75) is 38.1 Å². The van der Waals surface area contributed by atoms with Crippen LogP contribution in [0.5, 0.6) is 0 Å². The Labute approximate surface area is 136 Å². The van der Waals surface area contributed by atoms with Gasteiger partial charge in [-0.05, 0) is 53.5 Å². The summed E-state index contributed by atoms with van der Waals surface area (Å²) in [6.07, 6.45) is 4.67. The fourth-order valence-corrected chi connectivity index (χ4v) is 3.57. The van der Waals surface area contributed by atoms with Crippen LogP contribution < -0.4 is 4.90 Å². The molecule has 5 nitrogen and oxygen atoms in total. The van der Waals surface area contributed by atoms with Gasteiger partial charge in [0.25, 0.3) is 0 Å². The molecule has 0 aliphatic heterocycles. The summed E-state index contributed by atoms with van der Waals surface area (Å²) in [5.41, 5.74) is 0.944. The minimum absolute atomic E-state index is 0.0182. The van der Waals surface area contributed by atoms with E-state index >= 15 is 0 Å². The van der Waals surface area contributed by atoms with Gasteiger partial charge in [-0.1, -0.05) is 18.5 Å². The highest BCUT2D eigenvalue weighted by Gasteiger charge is 2.46. The molecule has 0 bridgehead atoms. The monoisotopic (exact) mass is 320 g/mol. The van der Waals surface area contributed by atoms with E-state index in [0.717, 1.165) is 35.3 Å². The molecule has 22 heavy (non-hydrogen) atoms. The first-order valence-electron chi connectivity index (χ1n) is 7.88. The summed E-state index contributed by atoms with van der Waals surface area (Å²) in [6.45, 7) is 2.33. The van der Waals surface area contributed by atoms with Crippen molar-refractivity contribution in [1.29, 1.82) is 0 Å². The van der Waals surface area contributed by atoms with E-state index in [2.05, 4.69) is 36.5 Å². The number of nitrogens with zero attached hydrogens (tertiary/aromatic N) is 4. The number of nitrogens with one attached hydrogen (secondary N) is 1. The molecule has 1 N–H and O–H groups in total. The summed E-state index contributed by atoms with van der Waals surface area (Å²) in [7, 11) is 4.41. The smallest absolute Gasteiger partial charge is 0.217 e. The van der Waals surface area contributed by atoms with Gasteiger partial charge in [-0.15, -0.1) is 5.10 Å². The normalized spacial score (nSPS) is 25.6. The number of hydrogen-bond acceptors (Lipinski definition) is 3. The van der Waals surface area contributed by atoms with Crippen molar-refractivity contribution in [1.82, 2.24) is 20.2 Å². The van der Waals surface area contributed by atoms with Crippen LogP contribution in [0.25, 0.3) is 5.69 Å². The topological polar surface area (TPSA) is 48.0 Å². The van der Waals surface area contributed by atoms with Crippen LogP contribution >= 0.6 is 11.6 Å². The van der Waals surface area contributed by atoms with Gasteiger partial charge in [-0.25, -0.2) is 0 Å². The Morgan fingerprint density at radius 3 is 2.41 bits per heavy atom. The van der Waals surface area contributed by atoms with E-state index in [0.29, 0.717) is 0 Å². The zero-order chi connectivity index (χ0) is 15.7. The van der Waals surface area contributed by atoms with Crippen LogP contribution in [0.1, 0.15) is 38.4 Å².